The van der Waals surface area contributed by atoms with Crippen molar-refractivity contribution in [3.8, 4) is 11.5 Å². The fourth-order valence-corrected chi connectivity index (χ4v) is 4.51. The highest BCUT2D eigenvalue weighted by Gasteiger charge is 2.46. The van der Waals surface area contributed by atoms with Crippen molar-refractivity contribution < 1.29 is 19.4 Å². The van der Waals surface area contributed by atoms with Crippen LogP contribution in [0.2, 0.25) is 5.02 Å². The van der Waals surface area contributed by atoms with Gasteiger partial charge < -0.3 is 24.4 Å². The second-order valence-corrected chi connectivity index (χ2v) is 8.36. The third kappa shape index (κ3) is 3.56. The SMILES string of the molecule is CN(C)C(=O)N1CC[C@@]2(O)CCN(Cc3cc4c(cc3Cl)OCO4)C[C@H]2C1. The Morgan fingerprint density at radius 2 is 1.96 bits per heavy atom. The predicted octanol–water partition coefficient (Wildman–Crippen LogP) is 2.01. The van der Waals surface area contributed by atoms with E-state index < -0.39 is 5.60 Å². The lowest BCUT2D eigenvalue weighted by atomic mass is 9.75. The van der Waals surface area contributed by atoms with Crippen LogP contribution in [0.25, 0.3) is 0 Å². The first-order valence-electron chi connectivity index (χ1n) is 9.35. The van der Waals surface area contributed by atoms with Crippen molar-refractivity contribution in [3.63, 3.8) is 0 Å². The lowest BCUT2D eigenvalue weighted by molar-refractivity contribution is -0.108. The van der Waals surface area contributed by atoms with Gasteiger partial charge in [-0.2, -0.15) is 0 Å². The number of nitrogens with zero attached hydrogens (tertiary/aromatic N) is 3. The van der Waals surface area contributed by atoms with E-state index in [4.69, 9.17) is 21.1 Å². The van der Waals surface area contributed by atoms with Crippen LogP contribution in [0.15, 0.2) is 12.1 Å². The second kappa shape index (κ2) is 7.04. The van der Waals surface area contributed by atoms with Gasteiger partial charge in [0.25, 0.3) is 0 Å². The van der Waals surface area contributed by atoms with E-state index in [1.54, 1.807) is 25.1 Å². The van der Waals surface area contributed by atoms with Gasteiger partial charge in [-0.3, -0.25) is 4.90 Å². The van der Waals surface area contributed by atoms with Crippen LogP contribution in [-0.4, -0.2) is 78.5 Å². The summed E-state index contributed by atoms with van der Waals surface area (Å²) in [5, 5.41) is 11.7. The largest absolute Gasteiger partial charge is 0.454 e. The molecule has 1 N–H and O–H groups in total. The van der Waals surface area contributed by atoms with E-state index in [-0.39, 0.29) is 18.7 Å². The monoisotopic (exact) mass is 395 g/mol. The zero-order valence-corrected chi connectivity index (χ0v) is 16.5. The van der Waals surface area contributed by atoms with Gasteiger partial charge in [-0.05, 0) is 24.5 Å². The third-order valence-corrected chi connectivity index (χ3v) is 6.30. The molecule has 8 heteroatoms. The Bertz CT molecular complexity index is 744. The Balaban J connectivity index is 1.45. The molecule has 0 spiro atoms. The summed E-state index contributed by atoms with van der Waals surface area (Å²) in [5.74, 6) is 1.45. The van der Waals surface area contributed by atoms with Gasteiger partial charge in [-0.1, -0.05) is 11.6 Å². The molecule has 4 rings (SSSR count). The molecule has 0 radical (unpaired) electrons. The number of hydrogen-bond acceptors (Lipinski definition) is 5. The van der Waals surface area contributed by atoms with Gasteiger partial charge in [0.2, 0.25) is 6.79 Å². The quantitative estimate of drug-likeness (QED) is 0.829. The molecule has 0 unspecified atom stereocenters. The smallest absolute Gasteiger partial charge is 0.319 e. The lowest BCUT2D eigenvalue weighted by Gasteiger charge is -2.50. The van der Waals surface area contributed by atoms with Gasteiger partial charge in [0.05, 0.1) is 5.60 Å². The molecule has 3 aliphatic rings. The number of ether oxygens (including phenoxy) is 2. The maximum absolute atomic E-state index is 12.3. The number of rotatable bonds is 2. The Labute approximate surface area is 164 Å². The number of piperidine rings is 2. The predicted molar refractivity (Wildman–Crippen MR) is 101 cm³/mol. The number of halogens is 1. The Morgan fingerprint density at radius 3 is 2.70 bits per heavy atom. The molecule has 2 atom stereocenters. The van der Waals surface area contributed by atoms with Crippen molar-refractivity contribution >= 4 is 17.6 Å². The standard InChI is InChI=1S/C19H26ClN3O4/c1-21(2)18(24)23-6-4-19(25)3-5-22(10-14(19)11-23)9-13-7-16-17(8-15(13)20)27-12-26-16/h7-8,14,25H,3-6,9-12H2,1-2H3/t14-,19-/m0/s1. The summed E-state index contributed by atoms with van der Waals surface area (Å²) in [6.45, 7) is 3.64. The lowest BCUT2D eigenvalue weighted by Crippen LogP contribution is -2.61. The minimum absolute atomic E-state index is 0.00740. The number of urea groups is 1. The van der Waals surface area contributed by atoms with E-state index in [9.17, 15) is 9.90 Å². The molecule has 2 fully saturated rings. The van der Waals surface area contributed by atoms with Gasteiger partial charge in [0, 0.05) is 63.8 Å². The minimum atomic E-state index is -0.682. The summed E-state index contributed by atoms with van der Waals surface area (Å²) >= 11 is 6.42. The molecule has 3 aliphatic heterocycles. The fraction of sp³-hybridized carbons (Fsp3) is 0.632. The second-order valence-electron chi connectivity index (χ2n) is 7.96. The zero-order chi connectivity index (χ0) is 19.2. The first-order chi connectivity index (χ1) is 12.9. The number of likely N-dealkylation sites (tertiary alicyclic amines) is 2. The van der Waals surface area contributed by atoms with E-state index in [0.29, 0.717) is 43.2 Å². The van der Waals surface area contributed by atoms with Gasteiger partial charge >= 0.3 is 6.03 Å². The van der Waals surface area contributed by atoms with E-state index in [0.717, 1.165) is 24.4 Å². The molecule has 1 aromatic rings. The van der Waals surface area contributed by atoms with Crippen LogP contribution in [0.3, 0.4) is 0 Å². The Hall–Kier alpha value is -1.70. The Morgan fingerprint density at radius 1 is 1.26 bits per heavy atom. The number of benzene rings is 1. The van der Waals surface area contributed by atoms with Gasteiger partial charge in [-0.15, -0.1) is 0 Å². The molecule has 0 saturated carbocycles. The number of carbonyl (C=O) groups is 1. The summed E-state index contributed by atoms with van der Waals surface area (Å²) < 4.78 is 10.8. The van der Waals surface area contributed by atoms with Gasteiger partial charge in [0.1, 0.15) is 0 Å². The van der Waals surface area contributed by atoms with Crippen LogP contribution in [0, 0.1) is 5.92 Å². The highest BCUT2D eigenvalue weighted by Crippen LogP contribution is 2.39. The van der Waals surface area contributed by atoms with E-state index in [1.165, 1.54) is 0 Å². The molecule has 27 heavy (non-hydrogen) atoms. The molecule has 3 heterocycles. The molecule has 148 valence electrons. The molecule has 2 saturated heterocycles. The zero-order valence-electron chi connectivity index (χ0n) is 15.8. The first-order valence-corrected chi connectivity index (χ1v) is 9.72. The first kappa shape index (κ1) is 18.7. The Kier molecular flexibility index (Phi) is 4.86. The van der Waals surface area contributed by atoms with E-state index in [1.807, 2.05) is 11.0 Å². The van der Waals surface area contributed by atoms with Crippen molar-refractivity contribution in [2.75, 3.05) is 47.1 Å². The molecule has 1 aromatic carbocycles. The van der Waals surface area contributed by atoms with Crippen molar-refractivity contribution in [3.05, 3.63) is 22.7 Å². The minimum Gasteiger partial charge on any atom is -0.454 e. The molecule has 0 bridgehead atoms. The maximum atomic E-state index is 12.3. The maximum Gasteiger partial charge on any atom is 0.319 e. The van der Waals surface area contributed by atoms with Crippen LogP contribution >= 0.6 is 11.6 Å². The van der Waals surface area contributed by atoms with Crippen molar-refractivity contribution in [2.45, 2.75) is 25.0 Å². The molecule has 0 aromatic heterocycles. The average molecular weight is 396 g/mol. The molecular weight excluding hydrogens is 370 g/mol. The summed E-state index contributed by atoms with van der Waals surface area (Å²) in [6, 6.07) is 3.75. The summed E-state index contributed by atoms with van der Waals surface area (Å²) in [4.78, 5) is 18.1. The van der Waals surface area contributed by atoms with E-state index in [2.05, 4.69) is 4.90 Å². The number of amides is 2. The normalized spacial score (nSPS) is 27.4. The van der Waals surface area contributed by atoms with Crippen LogP contribution in [0.1, 0.15) is 18.4 Å². The summed E-state index contributed by atoms with van der Waals surface area (Å²) in [5.41, 5.74) is 0.307. The molecule has 2 amide bonds. The highest BCUT2D eigenvalue weighted by atomic mass is 35.5. The van der Waals surface area contributed by atoms with Gasteiger partial charge in [-0.25, -0.2) is 4.79 Å². The highest BCUT2D eigenvalue weighted by molar-refractivity contribution is 6.31. The summed E-state index contributed by atoms with van der Waals surface area (Å²) in [7, 11) is 3.52. The average Bonchev–Trinajstić information content (AvgIpc) is 3.08. The molecular formula is C19H26ClN3O4. The number of fused-ring (bicyclic) bond motifs is 2. The van der Waals surface area contributed by atoms with Crippen molar-refractivity contribution in [2.24, 2.45) is 5.92 Å². The van der Waals surface area contributed by atoms with Crippen LogP contribution in [0.5, 0.6) is 11.5 Å². The number of carbonyl (C=O) groups excluding carboxylic acids is 1. The van der Waals surface area contributed by atoms with Crippen LogP contribution < -0.4 is 9.47 Å². The van der Waals surface area contributed by atoms with Gasteiger partial charge in [0.15, 0.2) is 11.5 Å². The number of hydrogen-bond donors (Lipinski definition) is 1. The number of aliphatic hydroxyl groups is 1. The fourth-order valence-electron chi connectivity index (χ4n) is 4.29. The molecule has 7 nitrogen and oxygen atoms in total. The van der Waals surface area contributed by atoms with Crippen LogP contribution in [0.4, 0.5) is 4.79 Å². The van der Waals surface area contributed by atoms with Crippen LogP contribution in [-0.2, 0) is 6.54 Å². The topological polar surface area (TPSA) is 65.5 Å². The molecule has 0 aliphatic carbocycles. The third-order valence-electron chi connectivity index (χ3n) is 5.94. The van der Waals surface area contributed by atoms with E-state index >= 15 is 0 Å². The van der Waals surface area contributed by atoms with Crippen molar-refractivity contribution in [1.82, 2.24) is 14.7 Å². The van der Waals surface area contributed by atoms with Crippen molar-refractivity contribution in [1.29, 1.82) is 0 Å². The summed E-state index contributed by atoms with van der Waals surface area (Å²) in [6.07, 6.45) is 1.35.